The highest BCUT2D eigenvalue weighted by atomic mass is 16.5. The standard InChI is InChI=1S/C12H16N2O2/c1-3-16-12(15)13-11-5-4-9-7-14(2)8-10(9)6-11/h4-6H,3,7-8H2,1-2H3,(H,13,15). The van der Waals surface area contributed by atoms with Gasteiger partial charge in [0.25, 0.3) is 0 Å². The topological polar surface area (TPSA) is 41.6 Å². The number of hydrogen-bond donors (Lipinski definition) is 1. The molecule has 0 fully saturated rings. The van der Waals surface area contributed by atoms with E-state index in [1.165, 1.54) is 11.1 Å². The van der Waals surface area contributed by atoms with Crippen LogP contribution < -0.4 is 5.32 Å². The molecule has 16 heavy (non-hydrogen) atoms. The fraction of sp³-hybridized carbons (Fsp3) is 0.417. The van der Waals surface area contributed by atoms with Crippen molar-refractivity contribution in [2.24, 2.45) is 0 Å². The van der Waals surface area contributed by atoms with E-state index in [2.05, 4.69) is 23.3 Å². The highest BCUT2D eigenvalue weighted by molar-refractivity contribution is 5.84. The first-order chi connectivity index (χ1) is 7.69. The molecule has 0 spiro atoms. The summed E-state index contributed by atoms with van der Waals surface area (Å²) >= 11 is 0. The summed E-state index contributed by atoms with van der Waals surface area (Å²) < 4.78 is 4.83. The van der Waals surface area contributed by atoms with E-state index in [0.717, 1.165) is 18.8 Å². The van der Waals surface area contributed by atoms with Crippen molar-refractivity contribution < 1.29 is 9.53 Å². The molecule has 1 aromatic rings. The molecule has 4 heteroatoms. The Morgan fingerprint density at radius 1 is 1.44 bits per heavy atom. The quantitative estimate of drug-likeness (QED) is 0.830. The predicted molar refractivity (Wildman–Crippen MR) is 62.3 cm³/mol. The van der Waals surface area contributed by atoms with Gasteiger partial charge in [0.1, 0.15) is 0 Å². The van der Waals surface area contributed by atoms with Gasteiger partial charge in [0.05, 0.1) is 6.61 Å². The predicted octanol–water partition coefficient (Wildman–Crippen LogP) is 2.20. The van der Waals surface area contributed by atoms with Gasteiger partial charge >= 0.3 is 6.09 Å². The van der Waals surface area contributed by atoms with Crippen LogP contribution in [0.2, 0.25) is 0 Å². The number of benzene rings is 1. The van der Waals surface area contributed by atoms with Gasteiger partial charge in [0, 0.05) is 18.8 Å². The van der Waals surface area contributed by atoms with E-state index in [4.69, 9.17) is 4.74 Å². The number of rotatable bonds is 2. The molecule has 0 aromatic heterocycles. The van der Waals surface area contributed by atoms with Gasteiger partial charge in [-0.25, -0.2) is 4.79 Å². The van der Waals surface area contributed by atoms with E-state index >= 15 is 0 Å². The summed E-state index contributed by atoms with van der Waals surface area (Å²) in [5.74, 6) is 0. The maximum absolute atomic E-state index is 11.2. The fourth-order valence-electron chi connectivity index (χ4n) is 1.93. The molecule has 2 rings (SSSR count). The molecule has 1 N–H and O–H groups in total. The summed E-state index contributed by atoms with van der Waals surface area (Å²) in [6.07, 6.45) is -0.395. The number of nitrogens with one attached hydrogen (secondary N) is 1. The highest BCUT2D eigenvalue weighted by Crippen LogP contribution is 2.24. The van der Waals surface area contributed by atoms with Crippen LogP contribution in [0.15, 0.2) is 18.2 Å². The van der Waals surface area contributed by atoms with Crippen molar-refractivity contribution in [3.05, 3.63) is 29.3 Å². The minimum atomic E-state index is -0.395. The minimum absolute atomic E-state index is 0.388. The van der Waals surface area contributed by atoms with Gasteiger partial charge in [0.2, 0.25) is 0 Å². The van der Waals surface area contributed by atoms with E-state index < -0.39 is 6.09 Å². The Morgan fingerprint density at radius 2 is 2.19 bits per heavy atom. The largest absolute Gasteiger partial charge is 0.450 e. The molecule has 0 radical (unpaired) electrons. The molecule has 1 aromatic carbocycles. The lowest BCUT2D eigenvalue weighted by Gasteiger charge is -2.06. The minimum Gasteiger partial charge on any atom is -0.450 e. The van der Waals surface area contributed by atoms with Gasteiger partial charge in [0.15, 0.2) is 0 Å². The van der Waals surface area contributed by atoms with Gasteiger partial charge in [-0.3, -0.25) is 10.2 Å². The van der Waals surface area contributed by atoms with Crippen LogP contribution >= 0.6 is 0 Å². The second kappa shape index (κ2) is 4.53. The van der Waals surface area contributed by atoms with Crippen molar-refractivity contribution in [3.63, 3.8) is 0 Å². The van der Waals surface area contributed by atoms with Gasteiger partial charge in [-0.2, -0.15) is 0 Å². The van der Waals surface area contributed by atoms with E-state index in [0.29, 0.717) is 6.61 Å². The summed E-state index contributed by atoms with van der Waals surface area (Å²) in [5, 5.41) is 2.71. The molecule has 0 saturated heterocycles. The normalized spacial score (nSPS) is 14.6. The molecule has 0 unspecified atom stereocenters. The summed E-state index contributed by atoms with van der Waals surface area (Å²) in [7, 11) is 2.08. The van der Waals surface area contributed by atoms with Gasteiger partial charge in [-0.15, -0.1) is 0 Å². The number of carbonyl (C=O) groups excluding carboxylic acids is 1. The van der Waals surface area contributed by atoms with E-state index in [1.807, 2.05) is 12.1 Å². The van der Waals surface area contributed by atoms with Gasteiger partial charge < -0.3 is 4.74 Å². The SMILES string of the molecule is CCOC(=O)Nc1ccc2c(c1)CN(C)C2. The number of ether oxygens (including phenoxy) is 1. The molecule has 0 aliphatic carbocycles. The Balaban J connectivity index is 2.08. The fourth-order valence-corrected chi connectivity index (χ4v) is 1.93. The van der Waals surface area contributed by atoms with Crippen molar-refractivity contribution >= 4 is 11.8 Å². The second-order valence-electron chi connectivity index (χ2n) is 4.00. The van der Waals surface area contributed by atoms with E-state index in [9.17, 15) is 4.79 Å². The Hall–Kier alpha value is -1.55. The van der Waals surface area contributed by atoms with Crippen molar-refractivity contribution in [3.8, 4) is 0 Å². The second-order valence-corrected chi connectivity index (χ2v) is 4.00. The first-order valence-corrected chi connectivity index (χ1v) is 5.43. The summed E-state index contributed by atoms with van der Waals surface area (Å²) in [5.41, 5.74) is 3.40. The zero-order chi connectivity index (χ0) is 11.5. The first-order valence-electron chi connectivity index (χ1n) is 5.43. The van der Waals surface area contributed by atoms with Crippen molar-refractivity contribution in [1.29, 1.82) is 0 Å². The zero-order valence-electron chi connectivity index (χ0n) is 9.62. The summed E-state index contributed by atoms with van der Waals surface area (Å²) in [6, 6.07) is 5.98. The number of amides is 1. The van der Waals surface area contributed by atoms with Crippen LogP contribution in [0.5, 0.6) is 0 Å². The first kappa shape index (κ1) is 11.0. The smallest absolute Gasteiger partial charge is 0.411 e. The molecule has 1 aliphatic rings. The molecule has 4 nitrogen and oxygen atoms in total. The lowest BCUT2D eigenvalue weighted by Crippen LogP contribution is -2.13. The zero-order valence-corrected chi connectivity index (χ0v) is 9.62. The van der Waals surface area contributed by atoms with E-state index in [1.54, 1.807) is 6.92 Å². The Bertz CT molecular complexity index is 404. The molecule has 1 amide bonds. The van der Waals surface area contributed by atoms with Crippen LogP contribution in [0.4, 0.5) is 10.5 Å². The van der Waals surface area contributed by atoms with Gasteiger partial charge in [-0.05, 0) is 37.2 Å². The van der Waals surface area contributed by atoms with Crippen LogP contribution in [0.1, 0.15) is 18.1 Å². The Kier molecular flexibility index (Phi) is 3.10. The van der Waals surface area contributed by atoms with E-state index in [-0.39, 0.29) is 0 Å². The highest BCUT2D eigenvalue weighted by Gasteiger charge is 2.15. The third-order valence-corrected chi connectivity index (χ3v) is 2.61. The lowest BCUT2D eigenvalue weighted by molar-refractivity contribution is 0.168. The average Bonchev–Trinajstić information content (AvgIpc) is 2.57. The van der Waals surface area contributed by atoms with Crippen LogP contribution in [-0.4, -0.2) is 24.6 Å². The molecular weight excluding hydrogens is 204 g/mol. The van der Waals surface area contributed by atoms with Gasteiger partial charge in [-0.1, -0.05) is 6.07 Å². The number of anilines is 1. The van der Waals surface area contributed by atoms with Crippen LogP contribution in [0.3, 0.4) is 0 Å². The lowest BCUT2D eigenvalue weighted by atomic mass is 10.1. The monoisotopic (exact) mass is 220 g/mol. The molecule has 0 saturated carbocycles. The maximum atomic E-state index is 11.2. The number of carbonyl (C=O) groups is 1. The Morgan fingerprint density at radius 3 is 2.94 bits per heavy atom. The Labute approximate surface area is 95.2 Å². The van der Waals surface area contributed by atoms with Crippen LogP contribution in [0, 0.1) is 0 Å². The molecule has 86 valence electrons. The summed E-state index contributed by atoms with van der Waals surface area (Å²) in [6.45, 7) is 4.10. The molecule has 1 heterocycles. The molecule has 1 aliphatic heterocycles. The number of hydrogen-bond acceptors (Lipinski definition) is 3. The number of nitrogens with zero attached hydrogens (tertiary/aromatic N) is 1. The van der Waals surface area contributed by atoms with Crippen molar-refractivity contribution in [2.45, 2.75) is 20.0 Å². The number of fused-ring (bicyclic) bond motifs is 1. The van der Waals surface area contributed by atoms with Crippen LogP contribution in [0.25, 0.3) is 0 Å². The van der Waals surface area contributed by atoms with Crippen molar-refractivity contribution in [1.82, 2.24) is 4.90 Å². The average molecular weight is 220 g/mol. The molecular formula is C12H16N2O2. The molecule has 0 bridgehead atoms. The molecule has 0 atom stereocenters. The third kappa shape index (κ3) is 2.33. The van der Waals surface area contributed by atoms with Crippen molar-refractivity contribution in [2.75, 3.05) is 19.0 Å². The maximum Gasteiger partial charge on any atom is 0.411 e. The van der Waals surface area contributed by atoms with Crippen LogP contribution in [-0.2, 0) is 17.8 Å². The third-order valence-electron chi connectivity index (χ3n) is 2.61. The summed E-state index contributed by atoms with van der Waals surface area (Å²) in [4.78, 5) is 13.5.